The van der Waals surface area contributed by atoms with E-state index in [1.165, 1.54) is 212 Å². The molecule has 10 N–H and O–H groups in total. The van der Waals surface area contributed by atoms with E-state index in [9.17, 15) is 74.6 Å². The molecule has 3 rings (SSSR count). The van der Waals surface area contributed by atoms with Crippen LogP contribution in [0.25, 0.3) is 0 Å². The summed E-state index contributed by atoms with van der Waals surface area (Å²) in [6.07, 6.45) is 27.9. The largest absolute Gasteiger partial charge is 0.472 e. The molecule has 20 unspecified atom stereocenters. The number of rotatable bonds is 80. The second-order valence-electron chi connectivity index (χ2n) is 36.2. The molecule has 1 saturated carbocycles. The van der Waals surface area contributed by atoms with E-state index in [4.69, 9.17) is 46.9 Å². The van der Waals surface area contributed by atoms with Crippen molar-refractivity contribution in [2.24, 2.45) is 11.8 Å². The lowest BCUT2D eigenvalue weighted by molar-refractivity contribution is -0.360. The Balaban J connectivity index is 1.91. The number of phosphoric acid groups is 1. The Kier molecular flexibility index (Phi) is 67.3. The lowest BCUT2D eigenvalue weighted by Gasteiger charge is -2.50. The number of carbonyl (C=O) groups is 4. The summed E-state index contributed by atoms with van der Waals surface area (Å²) in [7, 11) is -5.81. The van der Waals surface area contributed by atoms with Crippen LogP contribution in [-0.4, -0.2) is 205 Å². The molecule has 2 heterocycles. The number of phosphoric ester groups is 1. The van der Waals surface area contributed by atoms with Crippen molar-refractivity contribution in [3.8, 4) is 0 Å². The van der Waals surface area contributed by atoms with E-state index >= 15 is 0 Å². The Morgan fingerprint density at radius 2 is 0.620 bits per heavy atom. The Morgan fingerprint density at radius 3 is 0.983 bits per heavy atom. The van der Waals surface area contributed by atoms with Gasteiger partial charge in [-0.1, -0.05) is 388 Å². The summed E-state index contributed by atoms with van der Waals surface area (Å²) in [5.74, 6) is -1.58. The predicted molar refractivity (Wildman–Crippen MR) is 472 cm³/mol. The fraction of sp³-hybridized carbons (Fsp3) is 0.958. The van der Waals surface area contributed by atoms with Gasteiger partial charge in [-0.15, -0.1) is 0 Å². The van der Waals surface area contributed by atoms with Gasteiger partial charge in [0.25, 0.3) is 0 Å². The topological polar surface area (TPSA) is 380 Å². The zero-order valence-electron chi connectivity index (χ0n) is 76.7. The molecule has 1 aliphatic carbocycles. The van der Waals surface area contributed by atoms with Crippen molar-refractivity contribution in [1.29, 1.82) is 0 Å². The second kappa shape index (κ2) is 72.3. The average molecular weight is 1750 g/mol. The minimum Gasteiger partial charge on any atom is -0.463 e. The number of unbranched alkanes of at least 4 members (excludes halogenated alkanes) is 48. The molecule has 2 aliphatic heterocycles. The summed E-state index contributed by atoms with van der Waals surface area (Å²) >= 11 is 0. The van der Waals surface area contributed by atoms with Crippen LogP contribution in [0.1, 0.15) is 440 Å². The maximum Gasteiger partial charge on any atom is 0.472 e. The van der Waals surface area contributed by atoms with Crippen LogP contribution in [0.5, 0.6) is 0 Å². The van der Waals surface area contributed by atoms with Crippen LogP contribution in [0.15, 0.2) is 0 Å². The van der Waals surface area contributed by atoms with E-state index in [1.807, 2.05) is 0 Å². The summed E-state index contributed by atoms with van der Waals surface area (Å²) in [5.41, 5.74) is 0. The van der Waals surface area contributed by atoms with Crippen LogP contribution in [0.2, 0.25) is 0 Å². The minimum atomic E-state index is -5.81. The monoisotopic (exact) mass is 1750 g/mol. The molecule has 20 atom stereocenters. The van der Waals surface area contributed by atoms with Crippen LogP contribution >= 0.6 is 7.82 Å². The van der Waals surface area contributed by atoms with E-state index in [-0.39, 0.29) is 25.7 Å². The van der Waals surface area contributed by atoms with Gasteiger partial charge in [-0.05, 0) is 37.5 Å². The molecule has 0 aromatic heterocycles. The maximum atomic E-state index is 15.0. The van der Waals surface area contributed by atoms with Gasteiger partial charge in [0.2, 0.25) is 0 Å². The Labute approximate surface area is 731 Å². The molecule has 0 aromatic rings. The standard InChI is InChI=1S/C95H179O25P/c1-7-11-15-19-23-25-27-29-31-33-35-37-39-49-58-66-79(98)112-72-77-83(102)85(104)89(108)95(116-77)119-92-90(117-81(100)68-60-51-40-38-36-34-32-30-28-26-24-20-16-12-8-2)86(105)87(106)91(118-94-88(107)84(103)82(101)76(69-96)115-94)93(92)120-121(109,110)113-71-75(114-80(99)67-59-52-44-42-48-56-64-74(6)62-54-46-22-18-14-10-4)70-111-78(97)65-57-50-43-41-47-55-63-73(5)61-53-45-21-17-13-9-3/h73-77,82-96,101-108H,7-72H2,1-6H3,(H,109,110). The number of hydrogen-bond donors (Lipinski definition) is 10. The summed E-state index contributed by atoms with van der Waals surface area (Å²) < 4.78 is 73.7. The highest BCUT2D eigenvalue weighted by Crippen LogP contribution is 2.49. The van der Waals surface area contributed by atoms with Crippen LogP contribution < -0.4 is 0 Å². The van der Waals surface area contributed by atoms with Crippen molar-refractivity contribution in [3.05, 3.63) is 0 Å². The molecule has 0 amide bonds. The summed E-state index contributed by atoms with van der Waals surface area (Å²) in [6.45, 7) is 10.3. The van der Waals surface area contributed by atoms with E-state index in [0.29, 0.717) is 43.9 Å². The SMILES string of the molecule is CCCCCCCCCCCCCCCCCC(=O)OCC1OC(OC2C(OC(=O)CCCCCCCCCCCCCCCCC)C(O)C(O)C(OC3OC(CO)C(O)C(O)C3O)C2OP(=O)(O)OCC(COC(=O)CCCCCCCCC(C)CCCCCCCC)OC(=O)CCCCCCCCC(C)CCCCCCCC)C(O)C(O)C1O. The summed E-state index contributed by atoms with van der Waals surface area (Å²) in [5, 5.41) is 103. The lowest BCUT2D eigenvalue weighted by atomic mass is 9.84. The third-order valence-electron chi connectivity index (χ3n) is 24.9. The first-order valence-corrected chi connectivity index (χ1v) is 51.0. The zero-order valence-corrected chi connectivity index (χ0v) is 77.6. The highest BCUT2D eigenvalue weighted by molar-refractivity contribution is 7.47. The first-order chi connectivity index (χ1) is 58.5. The van der Waals surface area contributed by atoms with Gasteiger partial charge in [-0.3, -0.25) is 28.2 Å². The molecule has 3 fully saturated rings. The number of esters is 4. The normalized spacial score (nSPS) is 25.1. The molecular weight excluding hydrogens is 1570 g/mol. The van der Waals surface area contributed by atoms with Gasteiger partial charge in [0.1, 0.15) is 92.6 Å². The van der Waals surface area contributed by atoms with Crippen LogP contribution in [0.4, 0.5) is 0 Å². The number of ether oxygens (including phenoxy) is 8. The maximum absolute atomic E-state index is 15.0. The first kappa shape index (κ1) is 113. The summed E-state index contributed by atoms with van der Waals surface area (Å²) in [6, 6.07) is 0. The quantitative estimate of drug-likeness (QED) is 0.0117. The van der Waals surface area contributed by atoms with Crippen LogP contribution in [0.3, 0.4) is 0 Å². The van der Waals surface area contributed by atoms with E-state index in [2.05, 4.69) is 41.5 Å². The first-order valence-electron chi connectivity index (χ1n) is 49.6. The molecule has 121 heavy (non-hydrogen) atoms. The molecule has 0 bridgehead atoms. The molecule has 0 radical (unpaired) electrons. The van der Waals surface area contributed by atoms with Crippen molar-refractivity contribution in [3.63, 3.8) is 0 Å². The molecule has 26 heteroatoms. The lowest BCUT2D eigenvalue weighted by Crippen LogP contribution is -2.70. The van der Waals surface area contributed by atoms with Gasteiger partial charge in [-0.25, -0.2) is 4.57 Å². The number of aliphatic hydroxyl groups is 9. The zero-order chi connectivity index (χ0) is 88.5. The van der Waals surface area contributed by atoms with Gasteiger partial charge in [0, 0.05) is 25.7 Å². The Morgan fingerprint density at radius 1 is 0.322 bits per heavy atom. The van der Waals surface area contributed by atoms with E-state index < -0.39 is 162 Å². The van der Waals surface area contributed by atoms with Crippen LogP contribution in [0, 0.1) is 11.8 Å². The molecule has 0 spiro atoms. The van der Waals surface area contributed by atoms with Gasteiger partial charge >= 0.3 is 31.7 Å². The van der Waals surface area contributed by atoms with E-state index in [0.717, 1.165) is 128 Å². The van der Waals surface area contributed by atoms with Gasteiger partial charge in [-0.2, -0.15) is 0 Å². The van der Waals surface area contributed by atoms with Crippen molar-refractivity contribution in [2.45, 2.75) is 544 Å². The molecule has 25 nitrogen and oxygen atoms in total. The third kappa shape index (κ3) is 52.7. The van der Waals surface area contributed by atoms with E-state index in [1.54, 1.807) is 0 Å². The smallest absolute Gasteiger partial charge is 0.463 e. The molecular formula is C95H179O25P. The van der Waals surface area contributed by atoms with Gasteiger partial charge in [0.15, 0.2) is 24.8 Å². The summed E-state index contributed by atoms with van der Waals surface area (Å²) in [4.78, 5) is 66.7. The number of aliphatic hydroxyl groups excluding tert-OH is 9. The van der Waals surface area contributed by atoms with Crippen LogP contribution in [-0.2, 0) is 70.7 Å². The molecule has 0 aromatic carbocycles. The second-order valence-corrected chi connectivity index (χ2v) is 37.6. The highest BCUT2D eigenvalue weighted by atomic mass is 31.2. The molecule has 714 valence electrons. The molecule has 3 aliphatic rings. The van der Waals surface area contributed by atoms with Gasteiger partial charge in [0.05, 0.1) is 13.2 Å². The Bertz CT molecular complexity index is 2540. The third-order valence-corrected chi connectivity index (χ3v) is 25.9. The fourth-order valence-corrected chi connectivity index (χ4v) is 17.8. The highest BCUT2D eigenvalue weighted by Gasteiger charge is 2.60. The predicted octanol–water partition coefficient (Wildman–Crippen LogP) is 19.0. The van der Waals surface area contributed by atoms with Crippen molar-refractivity contribution >= 4 is 31.7 Å². The minimum absolute atomic E-state index is 0.0195. The van der Waals surface area contributed by atoms with Crippen molar-refractivity contribution in [1.82, 2.24) is 0 Å². The van der Waals surface area contributed by atoms with Crippen molar-refractivity contribution in [2.75, 3.05) is 26.4 Å². The number of hydrogen-bond acceptors (Lipinski definition) is 24. The van der Waals surface area contributed by atoms with Crippen molar-refractivity contribution < 1.29 is 122 Å². The number of carbonyl (C=O) groups excluding carboxylic acids is 4. The average Bonchev–Trinajstić information content (AvgIpc) is 0.754. The van der Waals surface area contributed by atoms with Gasteiger partial charge < -0.3 is 88.7 Å². The Hall–Kier alpha value is -2.53. The molecule has 2 saturated heterocycles. The fourth-order valence-electron chi connectivity index (χ4n) is 16.9.